The third-order valence-corrected chi connectivity index (χ3v) is 1.37. The minimum Gasteiger partial charge on any atom is -0.171 e. The minimum atomic E-state index is -3.98. The molecule has 0 amide bonds. The van der Waals surface area contributed by atoms with Crippen LogP contribution in [-0.4, -0.2) is 6.18 Å². The predicted octanol–water partition coefficient (Wildman–Crippen LogP) is 3.69. The zero-order valence-corrected chi connectivity index (χ0v) is 6.45. The van der Waals surface area contributed by atoms with Gasteiger partial charge in [0.1, 0.15) is 0 Å². The van der Waals surface area contributed by atoms with Crippen LogP contribution >= 0.6 is 0 Å². The number of hydrogen-bond donors (Lipinski definition) is 0. The van der Waals surface area contributed by atoms with Gasteiger partial charge in [-0.15, -0.1) is 6.58 Å². The molecular weight excluding hydrogens is 153 g/mol. The molecule has 0 spiro atoms. The lowest BCUT2D eigenvalue weighted by atomic mass is 10.1. The SMILES string of the molecule is C=CCCCCCC(F)(F)F. The summed E-state index contributed by atoms with van der Waals surface area (Å²) >= 11 is 0. The van der Waals surface area contributed by atoms with Crippen molar-refractivity contribution in [2.75, 3.05) is 0 Å². The van der Waals surface area contributed by atoms with Crippen molar-refractivity contribution in [3.63, 3.8) is 0 Å². The molecule has 0 aromatic rings. The van der Waals surface area contributed by atoms with Crippen LogP contribution in [0.25, 0.3) is 0 Å². The van der Waals surface area contributed by atoms with Crippen LogP contribution < -0.4 is 0 Å². The highest BCUT2D eigenvalue weighted by Crippen LogP contribution is 2.22. The molecule has 0 N–H and O–H groups in total. The largest absolute Gasteiger partial charge is 0.389 e. The Hall–Kier alpha value is -0.470. The monoisotopic (exact) mass is 166 g/mol. The molecule has 11 heavy (non-hydrogen) atoms. The molecule has 0 fully saturated rings. The van der Waals surface area contributed by atoms with Crippen molar-refractivity contribution >= 4 is 0 Å². The molecule has 0 aliphatic heterocycles. The summed E-state index contributed by atoms with van der Waals surface area (Å²) in [4.78, 5) is 0. The molecule has 0 rings (SSSR count). The second-order valence-electron chi connectivity index (χ2n) is 2.50. The second kappa shape index (κ2) is 5.22. The molecule has 0 nitrogen and oxygen atoms in total. The molecule has 3 heteroatoms. The molecular formula is C8H13F3. The summed E-state index contributed by atoms with van der Waals surface area (Å²) < 4.78 is 34.6. The minimum absolute atomic E-state index is 0.247. The molecule has 0 unspecified atom stereocenters. The maximum Gasteiger partial charge on any atom is 0.389 e. The average Bonchev–Trinajstić information content (AvgIpc) is 1.85. The fourth-order valence-corrected chi connectivity index (χ4v) is 0.791. The van der Waals surface area contributed by atoms with E-state index in [2.05, 4.69) is 6.58 Å². The summed E-state index contributed by atoms with van der Waals surface area (Å²) in [5.41, 5.74) is 0. The molecule has 0 aromatic carbocycles. The normalized spacial score (nSPS) is 11.5. The highest BCUT2D eigenvalue weighted by atomic mass is 19.4. The van der Waals surface area contributed by atoms with Gasteiger partial charge in [0.05, 0.1) is 0 Å². The summed E-state index contributed by atoms with van der Waals surface area (Å²) in [5.74, 6) is 0. The molecule has 0 bridgehead atoms. The Bertz CT molecular complexity index is 104. The van der Waals surface area contributed by atoms with Gasteiger partial charge in [-0.2, -0.15) is 13.2 Å². The number of halogens is 3. The van der Waals surface area contributed by atoms with Crippen LogP contribution in [0.1, 0.15) is 32.1 Å². The van der Waals surface area contributed by atoms with Gasteiger partial charge in [0, 0.05) is 6.42 Å². The van der Waals surface area contributed by atoms with Crippen molar-refractivity contribution in [3.8, 4) is 0 Å². The van der Waals surface area contributed by atoms with Gasteiger partial charge in [-0.3, -0.25) is 0 Å². The smallest absolute Gasteiger partial charge is 0.171 e. The van der Waals surface area contributed by atoms with Crippen LogP contribution in [0, 0.1) is 0 Å². The Balaban J connectivity index is 3.08. The van der Waals surface area contributed by atoms with Crippen molar-refractivity contribution < 1.29 is 13.2 Å². The molecule has 0 atom stereocenters. The van der Waals surface area contributed by atoms with E-state index in [-0.39, 0.29) is 6.42 Å². The Morgan fingerprint density at radius 2 is 1.73 bits per heavy atom. The van der Waals surface area contributed by atoms with Gasteiger partial charge < -0.3 is 0 Å². The quantitative estimate of drug-likeness (QED) is 0.431. The summed E-state index contributed by atoms with van der Waals surface area (Å²) in [7, 11) is 0. The fourth-order valence-electron chi connectivity index (χ4n) is 0.791. The van der Waals surface area contributed by atoms with Gasteiger partial charge in [0.25, 0.3) is 0 Å². The summed E-state index contributed by atoms with van der Waals surface area (Å²) in [6.07, 6.45) is -0.369. The Morgan fingerprint density at radius 1 is 1.09 bits per heavy atom. The fraction of sp³-hybridized carbons (Fsp3) is 0.750. The predicted molar refractivity (Wildman–Crippen MR) is 39.3 cm³/mol. The van der Waals surface area contributed by atoms with E-state index in [1.807, 2.05) is 0 Å². The lowest BCUT2D eigenvalue weighted by Gasteiger charge is -2.04. The molecule has 0 saturated heterocycles. The molecule has 0 radical (unpaired) electrons. The van der Waals surface area contributed by atoms with E-state index < -0.39 is 12.6 Å². The maximum absolute atomic E-state index is 11.5. The van der Waals surface area contributed by atoms with Gasteiger partial charge in [-0.1, -0.05) is 12.5 Å². The van der Waals surface area contributed by atoms with E-state index in [4.69, 9.17) is 0 Å². The molecule has 0 saturated carbocycles. The third kappa shape index (κ3) is 9.53. The van der Waals surface area contributed by atoms with Crippen LogP contribution in [0.4, 0.5) is 13.2 Å². The summed E-state index contributed by atoms with van der Waals surface area (Å²) in [6, 6.07) is 0. The third-order valence-electron chi connectivity index (χ3n) is 1.37. The van der Waals surface area contributed by atoms with Gasteiger partial charge in [-0.25, -0.2) is 0 Å². The zero-order valence-electron chi connectivity index (χ0n) is 6.45. The first kappa shape index (κ1) is 10.5. The standard InChI is InChI=1S/C8H13F3/c1-2-3-4-5-6-7-8(9,10)11/h2H,1,3-7H2. The molecule has 0 aliphatic carbocycles. The molecule has 0 aromatic heterocycles. The van der Waals surface area contributed by atoms with Gasteiger partial charge in [0.2, 0.25) is 0 Å². The van der Waals surface area contributed by atoms with E-state index in [0.717, 1.165) is 12.8 Å². The molecule has 66 valence electrons. The van der Waals surface area contributed by atoms with E-state index >= 15 is 0 Å². The average molecular weight is 166 g/mol. The van der Waals surface area contributed by atoms with E-state index in [9.17, 15) is 13.2 Å². The molecule has 0 aliphatic rings. The lowest BCUT2D eigenvalue weighted by Crippen LogP contribution is -2.06. The van der Waals surface area contributed by atoms with Crippen LogP contribution in [0.5, 0.6) is 0 Å². The number of alkyl halides is 3. The van der Waals surface area contributed by atoms with E-state index in [1.54, 1.807) is 6.08 Å². The number of rotatable bonds is 5. The number of unbranched alkanes of at least 4 members (excludes halogenated alkanes) is 3. The van der Waals surface area contributed by atoms with Crippen molar-refractivity contribution in [1.29, 1.82) is 0 Å². The Kier molecular flexibility index (Phi) is 4.99. The van der Waals surface area contributed by atoms with Crippen LogP contribution in [0.3, 0.4) is 0 Å². The first-order chi connectivity index (χ1) is 5.06. The summed E-state index contributed by atoms with van der Waals surface area (Å²) in [5, 5.41) is 0. The highest BCUT2D eigenvalue weighted by molar-refractivity contribution is 4.65. The van der Waals surface area contributed by atoms with E-state index in [1.165, 1.54) is 0 Å². The highest BCUT2D eigenvalue weighted by Gasteiger charge is 2.25. The van der Waals surface area contributed by atoms with Crippen LogP contribution in [-0.2, 0) is 0 Å². The van der Waals surface area contributed by atoms with Crippen molar-refractivity contribution in [1.82, 2.24) is 0 Å². The van der Waals surface area contributed by atoms with Crippen LogP contribution in [0.2, 0.25) is 0 Å². The van der Waals surface area contributed by atoms with Gasteiger partial charge in [0.15, 0.2) is 0 Å². The Labute approximate surface area is 65.1 Å². The summed E-state index contributed by atoms with van der Waals surface area (Å²) in [6.45, 7) is 3.48. The number of hydrogen-bond acceptors (Lipinski definition) is 0. The van der Waals surface area contributed by atoms with Gasteiger partial charge in [-0.05, 0) is 19.3 Å². The van der Waals surface area contributed by atoms with Gasteiger partial charge >= 0.3 is 6.18 Å². The first-order valence-corrected chi connectivity index (χ1v) is 3.74. The maximum atomic E-state index is 11.5. The molecule has 0 heterocycles. The second-order valence-corrected chi connectivity index (χ2v) is 2.50. The van der Waals surface area contributed by atoms with Crippen molar-refractivity contribution in [2.45, 2.75) is 38.3 Å². The first-order valence-electron chi connectivity index (χ1n) is 3.74. The van der Waals surface area contributed by atoms with Crippen molar-refractivity contribution in [3.05, 3.63) is 12.7 Å². The lowest BCUT2D eigenvalue weighted by molar-refractivity contribution is -0.135. The van der Waals surface area contributed by atoms with Crippen LogP contribution in [0.15, 0.2) is 12.7 Å². The van der Waals surface area contributed by atoms with E-state index in [0.29, 0.717) is 6.42 Å². The zero-order chi connectivity index (χ0) is 8.74. The number of allylic oxidation sites excluding steroid dienone is 1. The Morgan fingerprint density at radius 3 is 2.18 bits per heavy atom. The van der Waals surface area contributed by atoms with Crippen molar-refractivity contribution in [2.24, 2.45) is 0 Å². The topological polar surface area (TPSA) is 0 Å².